The van der Waals surface area contributed by atoms with Crippen molar-refractivity contribution in [3.8, 4) is 0 Å². The van der Waals surface area contributed by atoms with E-state index in [0.29, 0.717) is 42.1 Å². The molecular weight excluding hydrogens is 537 g/mol. The molecule has 3 N–H and O–H groups in total. The zero-order valence-corrected chi connectivity index (χ0v) is 24.3. The summed E-state index contributed by atoms with van der Waals surface area (Å²) in [7, 11) is 0. The monoisotopic (exact) mass is 573 g/mol. The molecule has 0 bridgehead atoms. The van der Waals surface area contributed by atoms with Crippen LogP contribution in [0.4, 0.5) is 15.8 Å². The van der Waals surface area contributed by atoms with Gasteiger partial charge in [0, 0.05) is 24.2 Å². The van der Waals surface area contributed by atoms with Gasteiger partial charge < -0.3 is 25.4 Å². The molecule has 1 heterocycles. The molecule has 220 valence electrons. The Morgan fingerprint density at radius 3 is 2.43 bits per heavy atom. The number of rotatable bonds is 11. The fraction of sp³-hybridized carbons (Fsp3) is 0.303. The van der Waals surface area contributed by atoms with Gasteiger partial charge in [-0.1, -0.05) is 30.3 Å². The Hall–Kier alpha value is -4.50. The molecule has 0 fully saturated rings. The Balaban J connectivity index is 1.58. The Morgan fingerprint density at radius 1 is 0.952 bits per heavy atom. The maximum atomic E-state index is 13.9. The highest BCUT2D eigenvalue weighted by Gasteiger charge is 2.29. The largest absolute Gasteiger partial charge is 0.466 e. The fourth-order valence-electron chi connectivity index (χ4n) is 4.57. The molecule has 1 aliphatic rings. The third-order valence-corrected chi connectivity index (χ3v) is 6.36. The average molecular weight is 574 g/mol. The van der Waals surface area contributed by atoms with Gasteiger partial charge in [0.15, 0.2) is 0 Å². The molecule has 9 heteroatoms. The fourth-order valence-corrected chi connectivity index (χ4v) is 4.57. The molecule has 1 aliphatic heterocycles. The third-order valence-electron chi connectivity index (χ3n) is 6.36. The van der Waals surface area contributed by atoms with Gasteiger partial charge in [-0.25, -0.2) is 4.39 Å². The molecule has 0 unspecified atom stereocenters. The normalized spacial score (nSPS) is 13.7. The van der Waals surface area contributed by atoms with E-state index < -0.39 is 11.4 Å². The van der Waals surface area contributed by atoms with Gasteiger partial charge in [0.25, 0.3) is 5.91 Å². The van der Waals surface area contributed by atoms with Crippen LogP contribution in [-0.2, 0) is 36.8 Å². The molecular formula is C33H36FN3O5. The molecule has 4 rings (SSSR count). The van der Waals surface area contributed by atoms with Crippen LogP contribution >= 0.6 is 0 Å². The van der Waals surface area contributed by atoms with E-state index in [0.717, 1.165) is 22.4 Å². The van der Waals surface area contributed by atoms with Gasteiger partial charge in [-0.2, -0.15) is 0 Å². The first-order valence-electron chi connectivity index (χ1n) is 13.9. The van der Waals surface area contributed by atoms with Crippen LogP contribution in [0.15, 0.2) is 66.7 Å². The van der Waals surface area contributed by atoms with Gasteiger partial charge in [-0.15, -0.1) is 0 Å². The minimum Gasteiger partial charge on any atom is -0.466 e. The summed E-state index contributed by atoms with van der Waals surface area (Å²) in [6.45, 7) is 8.13. The van der Waals surface area contributed by atoms with Crippen LogP contribution in [0.3, 0.4) is 0 Å². The van der Waals surface area contributed by atoms with Crippen LogP contribution in [-0.4, -0.2) is 36.6 Å². The molecule has 3 aromatic carbocycles. The number of anilines is 2. The van der Waals surface area contributed by atoms with E-state index in [9.17, 15) is 18.8 Å². The number of ether oxygens (including phenoxy) is 2. The molecule has 8 nitrogen and oxygen atoms in total. The SMILES string of the molecule is CCOC(=O)CCc1cccc(/C(Nc2ccc(CNCC(=O)OC(C)(C)C)cc2)=C2/C(=O)Nc3cc(F)ccc32)c1. The third kappa shape index (κ3) is 8.27. The first kappa shape index (κ1) is 30.5. The van der Waals surface area contributed by atoms with E-state index in [4.69, 9.17) is 9.47 Å². The van der Waals surface area contributed by atoms with E-state index >= 15 is 0 Å². The maximum absolute atomic E-state index is 13.9. The minimum atomic E-state index is -0.538. The quantitative estimate of drug-likeness (QED) is 0.200. The van der Waals surface area contributed by atoms with Gasteiger partial charge in [0.2, 0.25) is 0 Å². The topological polar surface area (TPSA) is 106 Å². The lowest BCUT2D eigenvalue weighted by Crippen LogP contribution is -2.31. The standard InChI is InChI=1S/C33H36FN3O5/c1-5-41-28(38)16-11-21-7-6-8-23(17-21)31(30-26-15-12-24(34)18-27(26)37-32(30)40)36-25-13-9-22(10-14-25)19-35-20-29(39)42-33(2,3)4/h6-10,12-15,17-18,35-36H,5,11,16,19-20H2,1-4H3,(H,37,40)/b31-30-. The second-order valence-electron chi connectivity index (χ2n) is 10.9. The van der Waals surface area contributed by atoms with E-state index in [-0.39, 0.29) is 30.8 Å². The van der Waals surface area contributed by atoms with E-state index in [1.807, 2.05) is 69.3 Å². The number of fused-ring (bicyclic) bond motifs is 1. The second kappa shape index (κ2) is 13.4. The lowest BCUT2D eigenvalue weighted by atomic mass is 9.97. The van der Waals surface area contributed by atoms with Gasteiger partial charge in [-0.05, 0) is 87.2 Å². The van der Waals surface area contributed by atoms with Crippen molar-refractivity contribution in [2.24, 2.45) is 0 Å². The van der Waals surface area contributed by atoms with Crippen LogP contribution in [0.2, 0.25) is 0 Å². The van der Waals surface area contributed by atoms with Crippen molar-refractivity contribution in [3.63, 3.8) is 0 Å². The number of carbonyl (C=O) groups excluding carboxylic acids is 3. The van der Waals surface area contributed by atoms with Gasteiger partial charge in [-0.3, -0.25) is 14.4 Å². The minimum absolute atomic E-state index is 0.0924. The summed E-state index contributed by atoms with van der Waals surface area (Å²) in [5.74, 6) is -1.39. The number of hydrogen-bond donors (Lipinski definition) is 3. The Labute approximate surface area is 245 Å². The number of esters is 2. The molecule has 0 saturated carbocycles. The van der Waals surface area contributed by atoms with Crippen molar-refractivity contribution < 1.29 is 28.2 Å². The van der Waals surface area contributed by atoms with Gasteiger partial charge >= 0.3 is 11.9 Å². The van der Waals surface area contributed by atoms with Crippen molar-refractivity contribution in [2.45, 2.75) is 52.7 Å². The number of carbonyl (C=O) groups is 3. The molecule has 0 atom stereocenters. The maximum Gasteiger partial charge on any atom is 0.320 e. The molecule has 3 aromatic rings. The van der Waals surface area contributed by atoms with Crippen LogP contribution < -0.4 is 16.0 Å². The molecule has 1 amide bonds. The zero-order chi connectivity index (χ0) is 30.3. The van der Waals surface area contributed by atoms with Crippen molar-refractivity contribution in [1.82, 2.24) is 5.32 Å². The highest BCUT2D eigenvalue weighted by Crippen LogP contribution is 2.38. The number of nitrogens with one attached hydrogen (secondary N) is 3. The van der Waals surface area contributed by atoms with E-state index in [1.165, 1.54) is 12.1 Å². The van der Waals surface area contributed by atoms with Crippen molar-refractivity contribution in [3.05, 3.63) is 94.8 Å². The smallest absolute Gasteiger partial charge is 0.320 e. The predicted molar refractivity (Wildman–Crippen MR) is 161 cm³/mol. The molecule has 0 aliphatic carbocycles. The number of amides is 1. The lowest BCUT2D eigenvalue weighted by molar-refractivity contribution is -0.153. The van der Waals surface area contributed by atoms with Crippen LogP contribution in [0.5, 0.6) is 0 Å². The summed E-state index contributed by atoms with van der Waals surface area (Å²) < 4.78 is 24.3. The Kier molecular flexibility index (Phi) is 9.75. The van der Waals surface area contributed by atoms with Gasteiger partial charge in [0.1, 0.15) is 11.4 Å². The molecule has 0 spiro atoms. The average Bonchev–Trinajstić information content (AvgIpc) is 3.25. The van der Waals surface area contributed by atoms with Crippen molar-refractivity contribution >= 4 is 40.5 Å². The summed E-state index contributed by atoms with van der Waals surface area (Å²) in [5, 5.41) is 9.26. The van der Waals surface area contributed by atoms with Gasteiger partial charge in [0.05, 0.1) is 30.1 Å². The summed E-state index contributed by atoms with van der Waals surface area (Å²) >= 11 is 0. The highest BCUT2D eigenvalue weighted by atomic mass is 19.1. The summed E-state index contributed by atoms with van der Waals surface area (Å²) in [5.41, 5.74) is 4.72. The molecule has 42 heavy (non-hydrogen) atoms. The first-order chi connectivity index (χ1) is 20.0. The zero-order valence-electron chi connectivity index (χ0n) is 24.3. The summed E-state index contributed by atoms with van der Waals surface area (Å²) in [4.78, 5) is 37.1. The Morgan fingerprint density at radius 2 is 1.71 bits per heavy atom. The van der Waals surface area contributed by atoms with E-state index in [1.54, 1.807) is 13.0 Å². The highest BCUT2D eigenvalue weighted by molar-refractivity contribution is 6.37. The van der Waals surface area contributed by atoms with Crippen LogP contribution in [0, 0.1) is 5.82 Å². The summed E-state index contributed by atoms with van der Waals surface area (Å²) in [6.07, 6.45) is 0.719. The first-order valence-corrected chi connectivity index (χ1v) is 13.9. The molecule has 0 saturated heterocycles. The van der Waals surface area contributed by atoms with Crippen molar-refractivity contribution in [2.75, 3.05) is 23.8 Å². The Bertz CT molecular complexity index is 1490. The van der Waals surface area contributed by atoms with Crippen LogP contribution in [0.1, 0.15) is 56.4 Å². The number of halogens is 1. The number of hydrogen-bond acceptors (Lipinski definition) is 7. The second-order valence-corrected chi connectivity index (χ2v) is 10.9. The molecule has 0 aromatic heterocycles. The van der Waals surface area contributed by atoms with Crippen LogP contribution in [0.25, 0.3) is 11.3 Å². The summed E-state index contributed by atoms with van der Waals surface area (Å²) in [6, 6.07) is 19.4. The molecule has 0 radical (unpaired) electrons. The van der Waals surface area contributed by atoms with Crippen molar-refractivity contribution in [1.29, 1.82) is 0 Å². The lowest BCUT2D eigenvalue weighted by Gasteiger charge is -2.19. The number of aryl methyl sites for hydroxylation is 1. The predicted octanol–water partition coefficient (Wildman–Crippen LogP) is 5.69. The van der Waals surface area contributed by atoms with E-state index in [2.05, 4.69) is 16.0 Å². The number of benzene rings is 3.